The molecule has 0 spiro atoms. The Bertz CT molecular complexity index is 3230. The summed E-state index contributed by atoms with van der Waals surface area (Å²) in [6.45, 7) is 0. The summed E-state index contributed by atoms with van der Waals surface area (Å²) in [5.74, 6) is 1.81. The Kier molecular flexibility index (Phi) is 7.42. The topological polar surface area (TPSA) is 65.0 Å². The zero-order valence-corrected chi connectivity index (χ0v) is 30.1. The summed E-state index contributed by atoms with van der Waals surface area (Å²) in [5.41, 5.74) is 12.8. The molecule has 0 radical (unpaired) electrons. The molecule has 8 aromatic carbocycles. The lowest BCUT2D eigenvalue weighted by Gasteiger charge is -2.11. The van der Waals surface area contributed by atoms with Gasteiger partial charge in [-0.3, -0.25) is 0 Å². The van der Waals surface area contributed by atoms with Crippen molar-refractivity contribution in [3.05, 3.63) is 188 Å². The molecule has 0 saturated carbocycles. The maximum absolute atomic E-state index is 6.23. The molecule has 0 N–H and O–H groups in total. The molecule has 5 heteroatoms. The lowest BCUT2D eigenvalue weighted by Crippen LogP contribution is -2.00. The van der Waals surface area contributed by atoms with Gasteiger partial charge in [0.05, 0.1) is 0 Å². The molecule has 0 aliphatic carbocycles. The lowest BCUT2D eigenvalue weighted by atomic mass is 9.98. The largest absolute Gasteiger partial charge is 0.456 e. The molecule has 11 rings (SSSR count). The molecule has 0 atom stereocenters. The van der Waals surface area contributed by atoms with E-state index in [0.717, 1.165) is 93.9 Å². The van der Waals surface area contributed by atoms with Crippen LogP contribution < -0.4 is 0 Å². The Morgan fingerprint density at radius 2 is 0.732 bits per heavy atom. The first-order valence-corrected chi connectivity index (χ1v) is 18.7. The summed E-state index contributed by atoms with van der Waals surface area (Å²) < 4.78 is 12.4. The summed E-state index contributed by atoms with van der Waals surface area (Å²) in [7, 11) is 0. The number of hydrogen-bond donors (Lipinski definition) is 0. The second kappa shape index (κ2) is 13.0. The zero-order chi connectivity index (χ0) is 37.0. The van der Waals surface area contributed by atoms with Crippen LogP contribution in [0.1, 0.15) is 0 Å². The van der Waals surface area contributed by atoms with Crippen molar-refractivity contribution in [2.75, 3.05) is 0 Å². The van der Waals surface area contributed by atoms with E-state index >= 15 is 0 Å². The van der Waals surface area contributed by atoms with Gasteiger partial charge in [-0.15, -0.1) is 0 Å². The molecule has 56 heavy (non-hydrogen) atoms. The highest BCUT2D eigenvalue weighted by Crippen LogP contribution is 2.38. The number of rotatable bonds is 6. The lowest BCUT2D eigenvalue weighted by molar-refractivity contribution is 0.668. The van der Waals surface area contributed by atoms with E-state index in [1.54, 1.807) is 0 Å². The second-order valence-corrected chi connectivity index (χ2v) is 14.0. The van der Waals surface area contributed by atoms with E-state index in [1.165, 1.54) is 0 Å². The van der Waals surface area contributed by atoms with E-state index in [2.05, 4.69) is 140 Å². The van der Waals surface area contributed by atoms with Crippen molar-refractivity contribution in [1.82, 2.24) is 15.0 Å². The third-order valence-corrected chi connectivity index (χ3v) is 10.6. The maximum atomic E-state index is 6.23. The summed E-state index contributed by atoms with van der Waals surface area (Å²) in [6, 6.07) is 64.6. The average Bonchev–Trinajstić information content (AvgIpc) is 3.85. The Morgan fingerprint density at radius 1 is 0.268 bits per heavy atom. The number of hydrogen-bond acceptors (Lipinski definition) is 5. The van der Waals surface area contributed by atoms with Crippen LogP contribution in [0.2, 0.25) is 0 Å². The minimum Gasteiger partial charge on any atom is -0.456 e. The fourth-order valence-corrected chi connectivity index (χ4v) is 7.76. The minimum absolute atomic E-state index is 0.600. The Hall–Kier alpha value is -7.63. The van der Waals surface area contributed by atoms with Crippen molar-refractivity contribution in [3.63, 3.8) is 0 Å². The molecule has 11 aromatic rings. The molecule has 3 heterocycles. The number of benzene rings is 8. The highest BCUT2D eigenvalue weighted by atomic mass is 16.3. The Labute approximate surface area is 322 Å². The van der Waals surface area contributed by atoms with Gasteiger partial charge in [-0.05, 0) is 69.8 Å². The third-order valence-electron chi connectivity index (χ3n) is 10.6. The predicted octanol–water partition coefficient (Wildman–Crippen LogP) is 13.7. The monoisotopic (exact) mass is 717 g/mol. The van der Waals surface area contributed by atoms with Gasteiger partial charge in [0.25, 0.3) is 0 Å². The van der Waals surface area contributed by atoms with Gasteiger partial charge in [0.2, 0.25) is 0 Å². The van der Waals surface area contributed by atoms with Gasteiger partial charge in [0.15, 0.2) is 17.5 Å². The van der Waals surface area contributed by atoms with Crippen LogP contribution in [0.25, 0.3) is 111 Å². The van der Waals surface area contributed by atoms with Crippen LogP contribution in [-0.2, 0) is 0 Å². The van der Waals surface area contributed by atoms with Gasteiger partial charge in [-0.1, -0.05) is 152 Å². The average molecular weight is 718 g/mol. The SMILES string of the molecule is c1ccc(-c2ccc(-c3nc(-c4ccc(-c5ccc6c(c5)oc5ccccc56)cc4)nc(-c4cccc(-c5cccc6oc7ccccc7c56)c4)n3)cc2)cc1. The smallest absolute Gasteiger partial charge is 0.164 e. The van der Waals surface area contributed by atoms with Gasteiger partial charge >= 0.3 is 0 Å². The normalized spacial score (nSPS) is 11.6. The van der Waals surface area contributed by atoms with Crippen molar-refractivity contribution >= 4 is 43.9 Å². The van der Waals surface area contributed by atoms with Crippen molar-refractivity contribution in [2.24, 2.45) is 0 Å². The molecule has 0 aliphatic rings. The van der Waals surface area contributed by atoms with Crippen LogP contribution in [0.3, 0.4) is 0 Å². The van der Waals surface area contributed by atoms with Gasteiger partial charge in [-0.2, -0.15) is 0 Å². The number of fused-ring (bicyclic) bond motifs is 6. The molecular weight excluding hydrogens is 687 g/mol. The van der Waals surface area contributed by atoms with Crippen molar-refractivity contribution < 1.29 is 8.83 Å². The first-order chi connectivity index (χ1) is 27.7. The minimum atomic E-state index is 0.600. The van der Waals surface area contributed by atoms with Crippen LogP contribution in [-0.4, -0.2) is 15.0 Å². The van der Waals surface area contributed by atoms with E-state index in [1.807, 2.05) is 48.5 Å². The summed E-state index contributed by atoms with van der Waals surface area (Å²) in [4.78, 5) is 15.3. The Balaban J connectivity index is 1.01. The molecule has 0 unspecified atom stereocenters. The Morgan fingerprint density at radius 3 is 1.46 bits per heavy atom. The fourth-order valence-electron chi connectivity index (χ4n) is 7.76. The summed E-state index contributed by atoms with van der Waals surface area (Å²) >= 11 is 0. The second-order valence-electron chi connectivity index (χ2n) is 14.0. The van der Waals surface area contributed by atoms with Gasteiger partial charge < -0.3 is 8.83 Å². The molecule has 262 valence electrons. The fraction of sp³-hybridized carbons (Fsp3) is 0. The number of aromatic nitrogens is 3. The van der Waals surface area contributed by atoms with Crippen LogP contribution in [0.4, 0.5) is 0 Å². The van der Waals surface area contributed by atoms with E-state index < -0.39 is 0 Å². The zero-order valence-electron chi connectivity index (χ0n) is 30.1. The van der Waals surface area contributed by atoms with Crippen LogP contribution in [0, 0.1) is 0 Å². The van der Waals surface area contributed by atoms with Gasteiger partial charge in [-0.25, -0.2) is 15.0 Å². The van der Waals surface area contributed by atoms with E-state index in [-0.39, 0.29) is 0 Å². The van der Waals surface area contributed by atoms with Crippen molar-refractivity contribution in [3.8, 4) is 67.5 Å². The van der Waals surface area contributed by atoms with Gasteiger partial charge in [0, 0.05) is 38.2 Å². The van der Waals surface area contributed by atoms with Crippen molar-refractivity contribution in [2.45, 2.75) is 0 Å². The standard InChI is InChI=1S/C51H31N3O2/c1-2-10-32(11-3-1)33-20-24-35(25-21-33)49-52-50(36-26-22-34(23-27-36)37-28-29-42-41-14-4-6-17-44(41)56-47(42)31-37)54-51(53-49)39-13-8-12-38(30-39)40-16-9-19-46-48(40)43-15-5-7-18-45(43)55-46/h1-31H. The molecule has 5 nitrogen and oxygen atoms in total. The van der Waals surface area contributed by atoms with E-state index in [4.69, 9.17) is 23.8 Å². The first kappa shape index (κ1) is 31.9. The molecular formula is C51H31N3O2. The third kappa shape index (κ3) is 5.53. The van der Waals surface area contributed by atoms with Gasteiger partial charge in [0.1, 0.15) is 22.3 Å². The van der Waals surface area contributed by atoms with Crippen LogP contribution in [0.5, 0.6) is 0 Å². The van der Waals surface area contributed by atoms with E-state index in [9.17, 15) is 0 Å². The van der Waals surface area contributed by atoms with Crippen LogP contribution in [0.15, 0.2) is 197 Å². The number of furan rings is 2. The number of nitrogens with zero attached hydrogens (tertiary/aromatic N) is 3. The van der Waals surface area contributed by atoms with Crippen molar-refractivity contribution in [1.29, 1.82) is 0 Å². The predicted molar refractivity (Wildman–Crippen MR) is 227 cm³/mol. The highest BCUT2D eigenvalue weighted by molar-refractivity contribution is 6.12. The van der Waals surface area contributed by atoms with Crippen LogP contribution >= 0.6 is 0 Å². The molecule has 0 saturated heterocycles. The summed E-state index contributed by atoms with van der Waals surface area (Å²) in [6.07, 6.45) is 0. The molecule has 0 fully saturated rings. The molecule has 3 aromatic heterocycles. The molecule has 0 bridgehead atoms. The maximum Gasteiger partial charge on any atom is 0.164 e. The summed E-state index contributed by atoms with van der Waals surface area (Å²) in [5, 5.41) is 4.42. The quantitative estimate of drug-likeness (QED) is 0.171. The van der Waals surface area contributed by atoms with E-state index in [0.29, 0.717) is 17.5 Å². The first-order valence-electron chi connectivity index (χ1n) is 18.7. The number of para-hydroxylation sites is 2. The molecule has 0 aliphatic heterocycles. The molecule has 0 amide bonds. The highest BCUT2D eigenvalue weighted by Gasteiger charge is 2.16.